The van der Waals surface area contributed by atoms with Gasteiger partial charge in [-0.05, 0) is 37.5 Å². The highest BCUT2D eigenvalue weighted by Crippen LogP contribution is 2.18. The third-order valence-electron chi connectivity index (χ3n) is 3.79. The molecule has 3 nitrogen and oxygen atoms in total. The Balaban J connectivity index is 2.05. The summed E-state index contributed by atoms with van der Waals surface area (Å²) in [5.41, 5.74) is 10.1. The van der Waals surface area contributed by atoms with Crippen LogP contribution in [0.1, 0.15) is 23.6 Å². The number of nitrogens with two attached hydrogens (primary N) is 1. The van der Waals surface area contributed by atoms with Crippen LogP contribution >= 0.6 is 0 Å². The average molecular weight is 248 g/mol. The molecule has 0 saturated carbocycles. The summed E-state index contributed by atoms with van der Waals surface area (Å²) in [7, 11) is 0. The number of rotatable bonds is 3. The molecule has 1 fully saturated rings. The predicted octanol–water partition coefficient (Wildman–Crippen LogP) is 1.85. The standard InChI is InChI=1S/C15H24N2O/c1-11-5-4-6-12(2)14(11)9-17-7-8-18-15(10-17)13(3)16/h4-6,13,15H,7-10,16H2,1-3H3. The molecule has 0 amide bonds. The highest BCUT2D eigenvalue weighted by molar-refractivity contribution is 5.33. The van der Waals surface area contributed by atoms with E-state index in [-0.39, 0.29) is 12.1 Å². The van der Waals surface area contributed by atoms with Gasteiger partial charge in [0, 0.05) is 25.7 Å². The molecule has 1 aromatic carbocycles. The summed E-state index contributed by atoms with van der Waals surface area (Å²) in [6.07, 6.45) is 0.170. The maximum atomic E-state index is 5.93. The first-order chi connectivity index (χ1) is 8.58. The van der Waals surface area contributed by atoms with Crippen LogP contribution in [0.5, 0.6) is 0 Å². The van der Waals surface area contributed by atoms with Gasteiger partial charge in [-0.1, -0.05) is 18.2 Å². The number of ether oxygens (including phenoxy) is 1. The Morgan fingerprint density at radius 3 is 2.67 bits per heavy atom. The molecule has 2 N–H and O–H groups in total. The van der Waals surface area contributed by atoms with Crippen molar-refractivity contribution in [3.05, 3.63) is 34.9 Å². The normalized spacial score (nSPS) is 23.0. The van der Waals surface area contributed by atoms with Gasteiger partial charge in [-0.3, -0.25) is 4.90 Å². The van der Waals surface area contributed by atoms with Crippen LogP contribution in [0, 0.1) is 13.8 Å². The van der Waals surface area contributed by atoms with Crippen LogP contribution in [-0.4, -0.2) is 36.7 Å². The minimum absolute atomic E-state index is 0.103. The van der Waals surface area contributed by atoms with Crippen molar-refractivity contribution in [2.45, 2.75) is 39.5 Å². The molecule has 0 aromatic heterocycles. The molecular weight excluding hydrogens is 224 g/mol. The van der Waals surface area contributed by atoms with Gasteiger partial charge >= 0.3 is 0 Å². The molecule has 1 aliphatic heterocycles. The molecule has 1 aliphatic rings. The third-order valence-corrected chi connectivity index (χ3v) is 3.79. The second-order valence-corrected chi connectivity index (χ2v) is 5.37. The summed E-state index contributed by atoms with van der Waals surface area (Å²) < 4.78 is 5.70. The average Bonchev–Trinajstić information content (AvgIpc) is 2.34. The van der Waals surface area contributed by atoms with E-state index in [1.807, 2.05) is 6.92 Å². The number of morpholine rings is 1. The van der Waals surface area contributed by atoms with Gasteiger partial charge in [-0.15, -0.1) is 0 Å². The van der Waals surface area contributed by atoms with E-state index in [0.717, 1.165) is 26.2 Å². The van der Waals surface area contributed by atoms with E-state index in [1.165, 1.54) is 16.7 Å². The predicted molar refractivity (Wildman–Crippen MR) is 74.6 cm³/mol. The molecule has 0 spiro atoms. The molecule has 0 aliphatic carbocycles. The van der Waals surface area contributed by atoms with Crippen molar-refractivity contribution in [2.24, 2.45) is 5.73 Å². The van der Waals surface area contributed by atoms with Gasteiger partial charge in [0.2, 0.25) is 0 Å². The topological polar surface area (TPSA) is 38.5 Å². The van der Waals surface area contributed by atoms with E-state index in [2.05, 4.69) is 36.9 Å². The van der Waals surface area contributed by atoms with Gasteiger partial charge in [-0.2, -0.15) is 0 Å². The van der Waals surface area contributed by atoms with Crippen LogP contribution in [0.2, 0.25) is 0 Å². The first-order valence-corrected chi connectivity index (χ1v) is 6.72. The maximum absolute atomic E-state index is 5.93. The molecule has 2 unspecified atom stereocenters. The number of hydrogen-bond acceptors (Lipinski definition) is 3. The molecule has 3 heteroatoms. The zero-order valence-corrected chi connectivity index (χ0v) is 11.6. The molecule has 100 valence electrons. The van der Waals surface area contributed by atoms with Gasteiger partial charge in [0.05, 0.1) is 12.7 Å². The summed E-state index contributed by atoms with van der Waals surface area (Å²) in [5.74, 6) is 0. The van der Waals surface area contributed by atoms with Crippen molar-refractivity contribution in [1.82, 2.24) is 4.90 Å². The SMILES string of the molecule is Cc1cccc(C)c1CN1CCOC(C(C)N)C1. The monoisotopic (exact) mass is 248 g/mol. The molecule has 2 atom stereocenters. The highest BCUT2D eigenvalue weighted by Gasteiger charge is 2.23. The van der Waals surface area contributed by atoms with Gasteiger partial charge in [0.15, 0.2) is 0 Å². The van der Waals surface area contributed by atoms with Gasteiger partial charge in [0.1, 0.15) is 0 Å². The van der Waals surface area contributed by atoms with E-state index >= 15 is 0 Å². The van der Waals surface area contributed by atoms with Crippen LogP contribution in [0.25, 0.3) is 0 Å². The van der Waals surface area contributed by atoms with Crippen molar-refractivity contribution < 1.29 is 4.74 Å². The summed E-state index contributed by atoms with van der Waals surface area (Å²) in [6, 6.07) is 6.60. The van der Waals surface area contributed by atoms with E-state index in [9.17, 15) is 0 Å². The number of hydrogen-bond donors (Lipinski definition) is 1. The van der Waals surface area contributed by atoms with Crippen LogP contribution in [0.15, 0.2) is 18.2 Å². The summed E-state index contributed by atoms with van der Waals surface area (Å²) >= 11 is 0. The molecule has 1 aromatic rings. The zero-order chi connectivity index (χ0) is 13.1. The molecule has 18 heavy (non-hydrogen) atoms. The van der Waals surface area contributed by atoms with E-state index in [0.29, 0.717) is 0 Å². The Labute approximate surface area is 110 Å². The Bertz CT molecular complexity index is 383. The Kier molecular flexibility index (Phi) is 4.38. The molecule has 2 rings (SSSR count). The highest BCUT2D eigenvalue weighted by atomic mass is 16.5. The largest absolute Gasteiger partial charge is 0.374 e. The minimum atomic E-state index is 0.103. The molecule has 0 bridgehead atoms. The first-order valence-electron chi connectivity index (χ1n) is 6.72. The maximum Gasteiger partial charge on any atom is 0.0850 e. The zero-order valence-electron chi connectivity index (χ0n) is 11.6. The van der Waals surface area contributed by atoms with E-state index in [1.54, 1.807) is 0 Å². The summed E-state index contributed by atoms with van der Waals surface area (Å²) in [4.78, 5) is 2.45. The summed E-state index contributed by atoms with van der Waals surface area (Å²) in [6.45, 7) is 10.1. The van der Waals surface area contributed by atoms with Gasteiger partial charge < -0.3 is 10.5 Å². The lowest BCUT2D eigenvalue weighted by Gasteiger charge is -2.35. The molecule has 0 radical (unpaired) electrons. The van der Waals surface area contributed by atoms with Crippen LogP contribution in [0.4, 0.5) is 0 Å². The van der Waals surface area contributed by atoms with Gasteiger partial charge in [-0.25, -0.2) is 0 Å². The smallest absolute Gasteiger partial charge is 0.0850 e. The lowest BCUT2D eigenvalue weighted by atomic mass is 10.0. The van der Waals surface area contributed by atoms with E-state index in [4.69, 9.17) is 10.5 Å². The second kappa shape index (κ2) is 5.83. The van der Waals surface area contributed by atoms with E-state index < -0.39 is 0 Å². The molecule has 1 heterocycles. The van der Waals surface area contributed by atoms with Crippen molar-refractivity contribution in [3.8, 4) is 0 Å². The van der Waals surface area contributed by atoms with Crippen molar-refractivity contribution >= 4 is 0 Å². The fourth-order valence-corrected chi connectivity index (χ4v) is 2.52. The number of benzene rings is 1. The molecular formula is C15H24N2O. The Hall–Kier alpha value is -0.900. The minimum Gasteiger partial charge on any atom is -0.374 e. The quantitative estimate of drug-likeness (QED) is 0.887. The fraction of sp³-hybridized carbons (Fsp3) is 0.600. The van der Waals surface area contributed by atoms with Crippen molar-refractivity contribution in [2.75, 3.05) is 19.7 Å². The lowest BCUT2D eigenvalue weighted by Crippen LogP contribution is -2.49. The Morgan fingerprint density at radius 1 is 1.39 bits per heavy atom. The lowest BCUT2D eigenvalue weighted by molar-refractivity contribution is -0.0404. The van der Waals surface area contributed by atoms with Crippen LogP contribution in [0.3, 0.4) is 0 Å². The van der Waals surface area contributed by atoms with Crippen molar-refractivity contribution in [1.29, 1.82) is 0 Å². The third kappa shape index (κ3) is 3.10. The Morgan fingerprint density at radius 2 is 2.06 bits per heavy atom. The number of aryl methyl sites for hydroxylation is 2. The number of nitrogens with zero attached hydrogens (tertiary/aromatic N) is 1. The summed E-state index contributed by atoms with van der Waals surface area (Å²) in [5, 5.41) is 0. The first kappa shape index (κ1) is 13.5. The van der Waals surface area contributed by atoms with Gasteiger partial charge in [0.25, 0.3) is 0 Å². The fourth-order valence-electron chi connectivity index (χ4n) is 2.52. The molecule has 1 saturated heterocycles. The van der Waals surface area contributed by atoms with Crippen LogP contribution < -0.4 is 5.73 Å². The second-order valence-electron chi connectivity index (χ2n) is 5.37. The van der Waals surface area contributed by atoms with Crippen molar-refractivity contribution in [3.63, 3.8) is 0 Å². The van der Waals surface area contributed by atoms with Crippen LogP contribution in [-0.2, 0) is 11.3 Å².